The minimum Gasteiger partial charge on any atom is -0.307 e. The highest BCUT2D eigenvalue weighted by atomic mass is 15.0. The number of rotatable bonds is 6. The molecule has 2 aromatic rings. The van der Waals surface area contributed by atoms with Gasteiger partial charge in [0.25, 0.3) is 0 Å². The number of nitrogens with one attached hydrogen (secondary N) is 1. The molecule has 19 heavy (non-hydrogen) atoms. The predicted molar refractivity (Wildman–Crippen MR) is 82.2 cm³/mol. The van der Waals surface area contributed by atoms with Gasteiger partial charge in [0.05, 0.1) is 0 Å². The van der Waals surface area contributed by atoms with E-state index < -0.39 is 0 Å². The topological polar surface area (TPSA) is 24.9 Å². The molecule has 2 heteroatoms. The average Bonchev–Trinajstić information content (AvgIpc) is 2.49. The fourth-order valence-electron chi connectivity index (χ4n) is 2.73. The summed E-state index contributed by atoms with van der Waals surface area (Å²) >= 11 is 0. The van der Waals surface area contributed by atoms with E-state index in [0.717, 1.165) is 25.8 Å². The molecule has 0 saturated carbocycles. The lowest BCUT2D eigenvalue weighted by Gasteiger charge is -2.32. The maximum atomic E-state index is 4.35. The third-order valence-corrected chi connectivity index (χ3v) is 4.43. The molecular formula is C17H24N2. The van der Waals surface area contributed by atoms with Crippen molar-refractivity contribution in [2.75, 3.05) is 0 Å². The van der Waals surface area contributed by atoms with E-state index in [1.165, 1.54) is 16.3 Å². The molecule has 1 heterocycles. The van der Waals surface area contributed by atoms with Gasteiger partial charge in [0.2, 0.25) is 0 Å². The van der Waals surface area contributed by atoms with Crippen LogP contribution in [0.1, 0.15) is 45.6 Å². The fourth-order valence-corrected chi connectivity index (χ4v) is 2.73. The van der Waals surface area contributed by atoms with Gasteiger partial charge < -0.3 is 5.32 Å². The normalized spacial score (nSPS) is 11.9. The van der Waals surface area contributed by atoms with Crippen molar-refractivity contribution in [3.63, 3.8) is 0 Å². The largest absolute Gasteiger partial charge is 0.307 e. The van der Waals surface area contributed by atoms with Gasteiger partial charge in [-0.3, -0.25) is 4.98 Å². The van der Waals surface area contributed by atoms with Crippen LogP contribution < -0.4 is 5.32 Å². The summed E-state index contributed by atoms with van der Waals surface area (Å²) in [7, 11) is 0. The van der Waals surface area contributed by atoms with Gasteiger partial charge in [0.1, 0.15) is 0 Å². The Morgan fingerprint density at radius 2 is 1.68 bits per heavy atom. The molecule has 0 fully saturated rings. The zero-order valence-corrected chi connectivity index (χ0v) is 12.2. The molecule has 0 unspecified atom stereocenters. The summed E-state index contributed by atoms with van der Waals surface area (Å²) in [6.45, 7) is 7.69. The fraction of sp³-hybridized carbons (Fsp3) is 0.471. The smallest absolute Gasteiger partial charge is 0.0346 e. The molecule has 0 amide bonds. The Hall–Kier alpha value is -1.41. The molecule has 0 saturated heterocycles. The summed E-state index contributed by atoms with van der Waals surface area (Å²) in [4.78, 5) is 4.35. The van der Waals surface area contributed by atoms with Gasteiger partial charge in [0, 0.05) is 29.9 Å². The first-order valence-electron chi connectivity index (χ1n) is 7.31. The molecule has 0 spiro atoms. The summed E-state index contributed by atoms with van der Waals surface area (Å²) in [5.74, 6) is 0. The third kappa shape index (κ3) is 2.95. The minimum atomic E-state index is 0.261. The lowest BCUT2D eigenvalue weighted by atomic mass is 9.89. The first-order valence-corrected chi connectivity index (χ1v) is 7.31. The molecule has 0 bridgehead atoms. The highest BCUT2D eigenvalue weighted by Gasteiger charge is 2.22. The van der Waals surface area contributed by atoms with Gasteiger partial charge in [0.15, 0.2) is 0 Å². The molecule has 0 atom stereocenters. The number of hydrogen-bond acceptors (Lipinski definition) is 2. The first kappa shape index (κ1) is 14.0. The molecule has 0 aliphatic rings. The molecule has 0 aliphatic heterocycles. The van der Waals surface area contributed by atoms with Crippen molar-refractivity contribution in [1.82, 2.24) is 10.3 Å². The van der Waals surface area contributed by atoms with Crippen LogP contribution in [0, 0.1) is 0 Å². The standard InChI is InChI=1S/C17H24N2/c1-4-17(5-2,6-3)19-13-15-12-18-11-14-9-7-8-10-16(14)15/h7-12,19H,4-6,13H2,1-3H3. The minimum absolute atomic E-state index is 0.261. The van der Waals surface area contributed by atoms with Crippen LogP contribution in [0.25, 0.3) is 10.8 Å². The Labute approximate surface area is 116 Å². The van der Waals surface area contributed by atoms with Crippen LogP contribution in [0.5, 0.6) is 0 Å². The van der Waals surface area contributed by atoms with Crippen LogP contribution in [0.3, 0.4) is 0 Å². The summed E-state index contributed by atoms with van der Waals surface area (Å²) in [6.07, 6.45) is 7.42. The van der Waals surface area contributed by atoms with Gasteiger partial charge in [-0.25, -0.2) is 0 Å². The number of aromatic nitrogens is 1. The van der Waals surface area contributed by atoms with Crippen LogP contribution in [0.4, 0.5) is 0 Å². The molecule has 1 N–H and O–H groups in total. The van der Waals surface area contributed by atoms with Gasteiger partial charge in [-0.2, -0.15) is 0 Å². The van der Waals surface area contributed by atoms with E-state index >= 15 is 0 Å². The zero-order valence-electron chi connectivity index (χ0n) is 12.2. The summed E-state index contributed by atoms with van der Waals surface area (Å²) < 4.78 is 0. The quantitative estimate of drug-likeness (QED) is 0.833. The second kappa shape index (κ2) is 6.16. The number of fused-ring (bicyclic) bond motifs is 1. The van der Waals surface area contributed by atoms with Crippen molar-refractivity contribution in [2.24, 2.45) is 0 Å². The summed E-state index contributed by atoms with van der Waals surface area (Å²) in [5.41, 5.74) is 1.55. The summed E-state index contributed by atoms with van der Waals surface area (Å²) in [5, 5.41) is 6.28. The average molecular weight is 256 g/mol. The molecule has 2 rings (SSSR count). The molecule has 2 nitrogen and oxygen atoms in total. The molecule has 1 aromatic carbocycles. The van der Waals surface area contributed by atoms with Gasteiger partial charge >= 0.3 is 0 Å². The lowest BCUT2D eigenvalue weighted by Crippen LogP contribution is -2.43. The van der Waals surface area contributed by atoms with E-state index in [0.29, 0.717) is 0 Å². The van der Waals surface area contributed by atoms with Crippen LogP contribution in [0.2, 0.25) is 0 Å². The lowest BCUT2D eigenvalue weighted by molar-refractivity contribution is 0.288. The zero-order chi connectivity index (χ0) is 13.7. The van der Waals surface area contributed by atoms with Gasteiger partial charge in [-0.15, -0.1) is 0 Å². The molecular weight excluding hydrogens is 232 g/mol. The van der Waals surface area contributed by atoms with Crippen LogP contribution >= 0.6 is 0 Å². The Bertz CT molecular complexity index is 516. The van der Waals surface area contributed by atoms with Crippen LogP contribution in [0.15, 0.2) is 36.7 Å². The van der Waals surface area contributed by atoms with Crippen molar-refractivity contribution in [2.45, 2.75) is 52.1 Å². The number of benzene rings is 1. The van der Waals surface area contributed by atoms with E-state index in [2.05, 4.69) is 55.3 Å². The number of pyridine rings is 1. The van der Waals surface area contributed by atoms with E-state index in [1.54, 1.807) is 0 Å². The Morgan fingerprint density at radius 1 is 1.00 bits per heavy atom. The molecule has 0 aliphatic carbocycles. The van der Waals surface area contributed by atoms with Crippen molar-refractivity contribution in [3.05, 3.63) is 42.2 Å². The predicted octanol–water partition coefficient (Wildman–Crippen LogP) is 4.29. The summed E-state index contributed by atoms with van der Waals surface area (Å²) in [6, 6.07) is 8.46. The van der Waals surface area contributed by atoms with Crippen LogP contribution in [-0.2, 0) is 6.54 Å². The van der Waals surface area contributed by atoms with Crippen molar-refractivity contribution in [3.8, 4) is 0 Å². The van der Waals surface area contributed by atoms with Gasteiger partial charge in [-0.1, -0.05) is 45.0 Å². The van der Waals surface area contributed by atoms with E-state index in [1.807, 2.05) is 12.4 Å². The van der Waals surface area contributed by atoms with E-state index in [-0.39, 0.29) is 5.54 Å². The van der Waals surface area contributed by atoms with E-state index in [4.69, 9.17) is 0 Å². The number of hydrogen-bond donors (Lipinski definition) is 1. The Kier molecular flexibility index (Phi) is 4.54. The Morgan fingerprint density at radius 3 is 2.37 bits per heavy atom. The SMILES string of the molecule is CCC(CC)(CC)NCc1cncc2ccccc12. The van der Waals surface area contributed by atoms with Crippen molar-refractivity contribution >= 4 is 10.8 Å². The molecule has 1 aromatic heterocycles. The first-order chi connectivity index (χ1) is 9.24. The maximum absolute atomic E-state index is 4.35. The number of nitrogens with zero attached hydrogens (tertiary/aromatic N) is 1. The van der Waals surface area contributed by atoms with Gasteiger partial charge in [-0.05, 0) is 30.2 Å². The van der Waals surface area contributed by atoms with Crippen molar-refractivity contribution < 1.29 is 0 Å². The second-order valence-corrected chi connectivity index (χ2v) is 5.21. The van der Waals surface area contributed by atoms with Crippen molar-refractivity contribution in [1.29, 1.82) is 0 Å². The van der Waals surface area contributed by atoms with E-state index in [9.17, 15) is 0 Å². The highest BCUT2D eigenvalue weighted by Crippen LogP contribution is 2.22. The molecule has 102 valence electrons. The highest BCUT2D eigenvalue weighted by molar-refractivity contribution is 5.84. The molecule has 0 radical (unpaired) electrons. The second-order valence-electron chi connectivity index (χ2n) is 5.21. The maximum Gasteiger partial charge on any atom is 0.0346 e. The Balaban J connectivity index is 2.22. The monoisotopic (exact) mass is 256 g/mol. The van der Waals surface area contributed by atoms with Crippen LogP contribution in [-0.4, -0.2) is 10.5 Å². The third-order valence-electron chi connectivity index (χ3n) is 4.43.